The standard InChI is InChI=1S/C17H21N5O/c1-2-15-20-21-16-8-7-12(11-22(15)16)9-18-10-17-19-13-5-3-4-6-14(13)23-17/h3-6,12,18H,2,7-11H2,1H3. The van der Waals surface area contributed by atoms with Gasteiger partial charge in [0.2, 0.25) is 5.89 Å². The van der Waals surface area contributed by atoms with Gasteiger partial charge in [-0.25, -0.2) is 4.98 Å². The normalized spacial score (nSPS) is 17.5. The van der Waals surface area contributed by atoms with Crippen molar-refractivity contribution in [2.45, 2.75) is 39.3 Å². The molecule has 1 aliphatic rings. The highest BCUT2D eigenvalue weighted by molar-refractivity contribution is 5.72. The lowest BCUT2D eigenvalue weighted by Crippen LogP contribution is -2.30. The van der Waals surface area contributed by atoms with Crippen LogP contribution in [0.5, 0.6) is 0 Å². The van der Waals surface area contributed by atoms with Gasteiger partial charge in [-0.3, -0.25) is 0 Å². The molecule has 0 fully saturated rings. The lowest BCUT2D eigenvalue weighted by Gasteiger charge is -2.24. The Morgan fingerprint density at radius 2 is 2.22 bits per heavy atom. The number of hydrogen-bond donors (Lipinski definition) is 1. The Kier molecular flexibility index (Phi) is 3.83. The molecule has 0 amide bonds. The highest BCUT2D eigenvalue weighted by Crippen LogP contribution is 2.20. The van der Waals surface area contributed by atoms with Crippen molar-refractivity contribution < 1.29 is 4.42 Å². The maximum absolute atomic E-state index is 5.74. The van der Waals surface area contributed by atoms with Gasteiger partial charge in [-0.1, -0.05) is 19.1 Å². The van der Waals surface area contributed by atoms with Crippen LogP contribution in [0.3, 0.4) is 0 Å². The third kappa shape index (κ3) is 2.86. The van der Waals surface area contributed by atoms with Gasteiger partial charge >= 0.3 is 0 Å². The Balaban J connectivity index is 1.35. The summed E-state index contributed by atoms with van der Waals surface area (Å²) in [6, 6.07) is 7.87. The van der Waals surface area contributed by atoms with Crippen molar-refractivity contribution in [1.82, 2.24) is 25.1 Å². The number of nitrogens with one attached hydrogen (secondary N) is 1. The summed E-state index contributed by atoms with van der Waals surface area (Å²) in [5, 5.41) is 12.0. The quantitative estimate of drug-likeness (QED) is 0.783. The monoisotopic (exact) mass is 311 g/mol. The fraction of sp³-hybridized carbons (Fsp3) is 0.471. The molecule has 1 unspecified atom stereocenters. The number of aryl methyl sites for hydroxylation is 2. The van der Waals surface area contributed by atoms with Crippen LogP contribution in [-0.2, 0) is 25.9 Å². The van der Waals surface area contributed by atoms with Crippen LogP contribution in [0.25, 0.3) is 11.1 Å². The molecule has 23 heavy (non-hydrogen) atoms. The van der Waals surface area contributed by atoms with E-state index >= 15 is 0 Å². The van der Waals surface area contributed by atoms with E-state index in [1.54, 1.807) is 0 Å². The Hall–Kier alpha value is -2.21. The fourth-order valence-electron chi connectivity index (χ4n) is 3.26. The molecule has 2 aromatic heterocycles. The van der Waals surface area contributed by atoms with Gasteiger partial charge in [0.25, 0.3) is 0 Å². The van der Waals surface area contributed by atoms with Crippen LogP contribution in [0.4, 0.5) is 0 Å². The molecule has 0 saturated heterocycles. The van der Waals surface area contributed by atoms with E-state index in [9.17, 15) is 0 Å². The van der Waals surface area contributed by atoms with Crippen molar-refractivity contribution in [3.05, 3.63) is 41.8 Å². The van der Waals surface area contributed by atoms with Crippen molar-refractivity contribution in [2.75, 3.05) is 6.54 Å². The summed E-state index contributed by atoms with van der Waals surface area (Å²) in [5.41, 5.74) is 1.77. The van der Waals surface area contributed by atoms with E-state index < -0.39 is 0 Å². The maximum Gasteiger partial charge on any atom is 0.209 e. The largest absolute Gasteiger partial charge is 0.439 e. The predicted molar refractivity (Wildman–Crippen MR) is 86.9 cm³/mol. The first-order valence-corrected chi connectivity index (χ1v) is 8.29. The zero-order valence-corrected chi connectivity index (χ0v) is 13.3. The lowest BCUT2D eigenvalue weighted by molar-refractivity contribution is 0.336. The summed E-state index contributed by atoms with van der Waals surface area (Å²) in [5.74, 6) is 3.59. The predicted octanol–water partition coefficient (Wildman–Crippen LogP) is 2.33. The molecule has 0 spiro atoms. The Bertz CT molecular complexity index is 760. The second kappa shape index (κ2) is 6.12. The van der Waals surface area contributed by atoms with Gasteiger partial charge in [0.05, 0.1) is 6.54 Å². The summed E-state index contributed by atoms with van der Waals surface area (Å²) in [6.45, 7) is 4.76. The molecule has 1 atom stereocenters. The number of nitrogens with zero attached hydrogens (tertiary/aromatic N) is 4. The number of rotatable bonds is 5. The number of hydrogen-bond acceptors (Lipinski definition) is 5. The average Bonchev–Trinajstić information content (AvgIpc) is 3.17. The van der Waals surface area contributed by atoms with E-state index in [4.69, 9.17) is 4.42 Å². The van der Waals surface area contributed by atoms with Gasteiger partial charge in [0, 0.05) is 25.9 Å². The first-order chi connectivity index (χ1) is 11.3. The molecule has 1 aromatic carbocycles. The Labute approximate surface area is 134 Å². The summed E-state index contributed by atoms with van der Waals surface area (Å²) >= 11 is 0. The highest BCUT2D eigenvalue weighted by atomic mass is 16.3. The van der Waals surface area contributed by atoms with Crippen LogP contribution < -0.4 is 5.32 Å². The summed E-state index contributed by atoms with van der Waals surface area (Å²) < 4.78 is 8.03. The number of aromatic nitrogens is 4. The van der Waals surface area contributed by atoms with E-state index in [1.165, 1.54) is 0 Å². The van der Waals surface area contributed by atoms with Crippen molar-refractivity contribution in [1.29, 1.82) is 0 Å². The SMILES string of the molecule is CCc1nnc2n1CC(CNCc1nc3ccccc3o1)CC2. The van der Waals surface area contributed by atoms with Gasteiger partial charge in [-0.2, -0.15) is 0 Å². The second-order valence-electron chi connectivity index (χ2n) is 6.11. The number of fused-ring (bicyclic) bond motifs is 2. The van der Waals surface area contributed by atoms with E-state index in [0.717, 1.165) is 61.0 Å². The van der Waals surface area contributed by atoms with Crippen molar-refractivity contribution in [2.24, 2.45) is 5.92 Å². The molecule has 1 N–H and O–H groups in total. The number of benzene rings is 1. The average molecular weight is 311 g/mol. The topological polar surface area (TPSA) is 68.8 Å². The van der Waals surface area contributed by atoms with E-state index in [-0.39, 0.29) is 0 Å². The van der Waals surface area contributed by atoms with E-state index in [0.29, 0.717) is 12.5 Å². The number of para-hydroxylation sites is 2. The molecule has 3 aromatic rings. The number of oxazole rings is 1. The molecule has 6 heteroatoms. The first-order valence-electron chi connectivity index (χ1n) is 8.29. The first kappa shape index (κ1) is 14.4. The molecule has 1 aliphatic heterocycles. The van der Waals surface area contributed by atoms with Crippen LogP contribution in [-0.4, -0.2) is 26.3 Å². The minimum absolute atomic E-state index is 0.605. The van der Waals surface area contributed by atoms with Gasteiger partial charge in [-0.15, -0.1) is 10.2 Å². The van der Waals surface area contributed by atoms with Crippen LogP contribution >= 0.6 is 0 Å². The molecule has 0 radical (unpaired) electrons. The fourth-order valence-corrected chi connectivity index (χ4v) is 3.26. The van der Waals surface area contributed by atoms with Gasteiger partial charge < -0.3 is 14.3 Å². The maximum atomic E-state index is 5.74. The summed E-state index contributed by atoms with van der Waals surface area (Å²) in [7, 11) is 0. The Morgan fingerprint density at radius 1 is 1.30 bits per heavy atom. The van der Waals surface area contributed by atoms with Gasteiger partial charge in [0.1, 0.15) is 17.2 Å². The summed E-state index contributed by atoms with van der Waals surface area (Å²) in [6.07, 6.45) is 3.11. The van der Waals surface area contributed by atoms with Crippen LogP contribution in [0, 0.1) is 5.92 Å². The molecule has 0 saturated carbocycles. The zero-order chi connectivity index (χ0) is 15.6. The van der Waals surface area contributed by atoms with Crippen LogP contribution in [0.15, 0.2) is 28.7 Å². The molecule has 3 heterocycles. The molecule has 120 valence electrons. The smallest absolute Gasteiger partial charge is 0.209 e. The van der Waals surface area contributed by atoms with Gasteiger partial charge in [-0.05, 0) is 24.5 Å². The van der Waals surface area contributed by atoms with Crippen molar-refractivity contribution >= 4 is 11.1 Å². The second-order valence-corrected chi connectivity index (χ2v) is 6.11. The molecule has 0 aliphatic carbocycles. The molecule has 4 rings (SSSR count). The zero-order valence-electron chi connectivity index (χ0n) is 13.3. The molecule has 0 bridgehead atoms. The Morgan fingerprint density at radius 3 is 3.09 bits per heavy atom. The lowest BCUT2D eigenvalue weighted by atomic mass is 9.99. The van der Waals surface area contributed by atoms with Crippen LogP contribution in [0.1, 0.15) is 30.9 Å². The van der Waals surface area contributed by atoms with E-state index in [2.05, 4.69) is 32.0 Å². The third-order valence-electron chi connectivity index (χ3n) is 4.48. The minimum atomic E-state index is 0.605. The van der Waals surface area contributed by atoms with Crippen molar-refractivity contribution in [3.8, 4) is 0 Å². The highest BCUT2D eigenvalue weighted by Gasteiger charge is 2.22. The van der Waals surface area contributed by atoms with E-state index in [1.807, 2.05) is 24.3 Å². The molecule has 6 nitrogen and oxygen atoms in total. The molecular weight excluding hydrogens is 290 g/mol. The third-order valence-corrected chi connectivity index (χ3v) is 4.48. The van der Waals surface area contributed by atoms with Crippen molar-refractivity contribution in [3.63, 3.8) is 0 Å². The summed E-state index contributed by atoms with van der Waals surface area (Å²) in [4.78, 5) is 4.50. The molecular formula is C17H21N5O. The van der Waals surface area contributed by atoms with Gasteiger partial charge in [0.15, 0.2) is 5.58 Å². The van der Waals surface area contributed by atoms with Crippen LogP contribution in [0.2, 0.25) is 0 Å². The minimum Gasteiger partial charge on any atom is -0.439 e.